The van der Waals surface area contributed by atoms with E-state index in [2.05, 4.69) is 0 Å². The third kappa shape index (κ3) is 9.09. The van der Waals surface area contributed by atoms with Crippen LogP contribution in [-0.4, -0.2) is 47.6 Å². The highest BCUT2D eigenvalue weighted by molar-refractivity contribution is 5.96. The Labute approximate surface area is 175 Å². The Balaban J connectivity index is 0.000000450. The van der Waals surface area contributed by atoms with Crippen molar-refractivity contribution in [3.05, 3.63) is 47.5 Å². The van der Waals surface area contributed by atoms with Gasteiger partial charge >= 0.3 is 5.97 Å². The number of rotatable bonds is 6. The number of methoxy groups -OCH3 is 2. The number of phenols is 2. The predicted molar refractivity (Wildman–Crippen MR) is 112 cm³/mol. The number of carboxylic acid groups (broad SMARTS) is 1. The summed E-state index contributed by atoms with van der Waals surface area (Å²) in [5.74, 6) is -0.194. The minimum Gasteiger partial charge on any atom is -0.504 e. The maximum absolute atomic E-state index is 11.3. The van der Waals surface area contributed by atoms with Gasteiger partial charge in [-0.05, 0) is 36.4 Å². The van der Waals surface area contributed by atoms with Crippen molar-refractivity contribution in [1.82, 2.24) is 0 Å². The fourth-order valence-electron chi connectivity index (χ4n) is 1.82. The summed E-state index contributed by atoms with van der Waals surface area (Å²) < 4.78 is 9.66. The van der Waals surface area contributed by atoms with Crippen LogP contribution < -0.4 is 9.47 Å². The van der Waals surface area contributed by atoms with Gasteiger partial charge in [-0.15, -0.1) is 0 Å². The Kier molecular flexibility index (Phi) is 12.0. The Hall–Kier alpha value is -3.55. The van der Waals surface area contributed by atoms with E-state index < -0.39 is 5.97 Å². The largest absolute Gasteiger partial charge is 0.504 e. The first-order valence-corrected chi connectivity index (χ1v) is 9.06. The van der Waals surface area contributed by atoms with Gasteiger partial charge in [-0.2, -0.15) is 0 Å². The summed E-state index contributed by atoms with van der Waals surface area (Å²) in [6.07, 6.45) is 1.15. The van der Waals surface area contributed by atoms with Crippen LogP contribution in [0.25, 0.3) is 0 Å². The molecule has 0 spiro atoms. The van der Waals surface area contributed by atoms with Crippen molar-refractivity contribution in [1.29, 1.82) is 0 Å². The second-order valence-electron chi connectivity index (χ2n) is 6.21. The summed E-state index contributed by atoms with van der Waals surface area (Å²) in [5, 5.41) is 26.3. The molecule has 0 fully saturated rings. The van der Waals surface area contributed by atoms with Gasteiger partial charge in [0.15, 0.2) is 28.8 Å². The molecule has 0 bridgehead atoms. The van der Waals surface area contributed by atoms with Crippen LogP contribution in [0.5, 0.6) is 23.0 Å². The zero-order valence-corrected chi connectivity index (χ0v) is 17.7. The first-order chi connectivity index (χ1) is 14.1. The SMILES string of the molecule is CC(C)C(=O)O.CCC(=O)c1ccc(O)c(OC)c1.COc1cc(C=O)ccc1O. The van der Waals surface area contributed by atoms with Gasteiger partial charge in [-0.3, -0.25) is 14.4 Å². The van der Waals surface area contributed by atoms with Gasteiger partial charge in [0, 0.05) is 17.5 Å². The third-order valence-electron chi connectivity index (χ3n) is 3.66. The number of Topliss-reactive ketones (excluding diaryl/α,β-unsaturated/α-hetero) is 1. The normalized spacial score (nSPS) is 9.40. The number of carbonyl (C=O) groups is 3. The van der Waals surface area contributed by atoms with Gasteiger partial charge in [0.2, 0.25) is 0 Å². The lowest BCUT2D eigenvalue weighted by Crippen LogP contribution is -2.03. The molecule has 2 aromatic rings. The summed E-state index contributed by atoms with van der Waals surface area (Å²) in [6.45, 7) is 5.08. The maximum atomic E-state index is 11.3. The maximum Gasteiger partial charge on any atom is 0.305 e. The number of aromatic hydroxyl groups is 2. The molecular formula is C22H28O8. The molecule has 0 saturated carbocycles. The second-order valence-corrected chi connectivity index (χ2v) is 6.21. The number of phenolic OH excluding ortho intramolecular Hbond substituents is 2. The van der Waals surface area contributed by atoms with E-state index in [9.17, 15) is 19.5 Å². The van der Waals surface area contributed by atoms with Crippen molar-refractivity contribution in [2.24, 2.45) is 5.92 Å². The Morgan fingerprint density at radius 2 is 1.43 bits per heavy atom. The fourth-order valence-corrected chi connectivity index (χ4v) is 1.82. The van der Waals surface area contributed by atoms with E-state index in [1.165, 1.54) is 38.5 Å². The molecule has 0 aliphatic carbocycles. The molecule has 8 heteroatoms. The van der Waals surface area contributed by atoms with Crippen LogP contribution in [0.2, 0.25) is 0 Å². The van der Waals surface area contributed by atoms with E-state index in [-0.39, 0.29) is 23.2 Å². The van der Waals surface area contributed by atoms with Gasteiger partial charge in [0.25, 0.3) is 0 Å². The smallest absolute Gasteiger partial charge is 0.305 e. The molecule has 0 atom stereocenters. The van der Waals surface area contributed by atoms with Crippen LogP contribution in [0, 0.1) is 5.92 Å². The Morgan fingerprint density at radius 3 is 1.83 bits per heavy atom. The van der Waals surface area contributed by atoms with Crippen LogP contribution in [0.3, 0.4) is 0 Å². The molecule has 3 N–H and O–H groups in total. The summed E-state index contributed by atoms with van der Waals surface area (Å²) in [5.41, 5.74) is 1.05. The number of aliphatic carboxylic acids is 1. The number of hydrogen-bond acceptors (Lipinski definition) is 7. The number of aldehydes is 1. The molecule has 0 aliphatic heterocycles. The first kappa shape index (κ1) is 26.4. The summed E-state index contributed by atoms with van der Waals surface area (Å²) in [6, 6.07) is 9.00. The van der Waals surface area contributed by atoms with Gasteiger partial charge in [0.05, 0.1) is 20.1 Å². The lowest BCUT2D eigenvalue weighted by Gasteiger charge is -2.04. The van der Waals surface area contributed by atoms with Gasteiger partial charge in [-0.1, -0.05) is 20.8 Å². The van der Waals surface area contributed by atoms with E-state index in [1.807, 2.05) is 0 Å². The first-order valence-electron chi connectivity index (χ1n) is 9.06. The Bertz CT molecular complexity index is 843. The number of hydrogen-bond donors (Lipinski definition) is 3. The van der Waals surface area contributed by atoms with Crippen LogP contribution in [0.4, 0.5) is 0 Å². The van der Waals surface area contributed by atoms with Gasteiger partial charge in [-0.25, -0.2) is 0 Å². The molecule has 0 heterocycles. The molecule has 0 aliphatic rings. The molecule has 2 aromatic carbocycles. The predicted octanol–water partition coefficient (Wildman–Crippen LogP) is 3.93. The van der Waals surface area contributed by atoms with Crippen LogP contribution in [0.1, 0.15) is 47.9 Å². The molecule has 8 nitrogen and oxygen atoms in total. The lowest BCUT2D eigenvalue weighted by molar-refractivity contribution is -0.140. The number of carbonyl (C=O) groups excluding carboxylic acids is 2. The zero-order chi connectivity index (χ0) is 23.3. The molecule has 0 amide bonds. The number of ether oxygens (including phenoxy) is 2. The molecule has 0 aromatic heterocycles. The average Bonchev–Trinajstić information content (AvgIpc) is 2.74. The van der Waals surface area contributed by atoms with E-state index in [4.69, 9.17) is 19.7 Å². The summed E-state index contributed by atoms with van der Waals surface area (Å²) in [4.78, 5) is 31.2. The fraction of sp³-hybridized carbons (Fsp3) is 0.318. The molecule has 0 radical (unpaired) electrons. The molecule has 0 saturated heterocycles. The summed E-state index contributed by atoms with van der Waals surface area (Å²) in [7, 11) is 2.89. The van der Waals surface area contributed by atoms with Gasteiger partial charge < -0.3 is 24.8 Å². The van der Waals surface area contributed by atoms with Crippen molar-refractivity contribution in [3.8, 4) is 23.0 Å². The van der Waals surface area contributed by atoms with E-state index >= 15 is 0 Å². The monoisotopic (exact) mass is 420 g/mol. The standard InChI is InChI=1S/C10H12O3.C8H8O3.C4H8O2/c1-3-8(11)7-4-5-9(12)10(6-7)13-2;1-11-8-4-6(5-9)2-3-7(8)10;1-3(2)4(5)6/h4-6,12H,3H2,1-2H3;2-5,10H,1H3;3H,1-2H3,(H,5,6). The van der Waals surface area contributed by atoms with E-state index in [0.717, 1.165) is 0 Å². The number of benzene rings is 2. The van der Waals surface area contributed by atoms with Crippen LogP contribution >= 0.6 is 0 Å². The highest BCUT2D eigenvalue weighted by Crippen LogP contribution is 2.26. The van der Waals surface area contributed by atoms with Crippen molar-refractivity contribution < 1.29 is 39.2 Å². The Morgan fingerprint density at radius 1 is 0.967 bits per heavy atom. The number of ketones is 1. The van der Waals surface area contributed by atoms with Crippen molar-refractivity contribution in [3.63, 3.8) is 0 Å². The van der Waals surface area contributed by atoms with Crippen LogP contribution in [-0.2, 0) is 4.79 Å². The summed E-state index contributed by atoms with van der Waals surface area (Å²) >= 11 is 0. The van der Waals surface area contributed by atoms with Crippen molar-refractivity contribution in [2.75, 3.05) is 14.2 Å². The second kappa shape index (κ2) is 13.6. The van der Waals surface area contributed by atoms with Gasteiger partial charge in [0.1, 0.15) is 6.29 Å². The number of carboxylic acids is 1. The minimum absolute atomic E-state index is 0.0399. The zero-order valence-electron chi connectivity index (χ0n) is 17.7. The van der Waals surface area contributed by atoms with Crippen molar-refractivity contribution in [2.45, 2.75) is 27.2 Å². The molecule has 2 rings (SSSR count). The third-order valence-corrected chi connectivity index (χ3v) is 3.66. The lowest BCUT2D eigenvalue weighted by atomic mass is 10.1. The average molecular weight is 420 g/mol. The highest BCUT2D eigenvalue weighted by Gasteiger charge is 2.07. The minimum atomic E-state index is -0.741. The topological polar surface area (TPSA) is 130 Å². The van der Waals surface area contributed by atoms with E-state index in [0.29, 0.717) is 35.3 Å². The quantitative estimate of drug-likeness (QED) is 0.473. The van der Waals surface area contributed by atoms with Crippen molar-refractivity contribution >= 4 is 18.0 Å². The van der Waals surface area contributed by atoms with Crippen LogP contribution in [0.15, 0.2) is 36.4 Å². The molecular weight excluding hydrogens is 392 g/mol. The molecule has 30 heavy (non-hydrogen) atoms. The molecule has 0 unspecified atom stereocenters. The highest BCUT2D eigenvalue weighted by atomic mass is 16.5. The van der Waals surface area contributed by atoms with E-state index in [1.54, 1.807) is 32.9 Å². The molecule has 164 valence electrons.